The highest BCUT2D eigenvalue weighted by Crippen LogP contribution is 2.22. The number of ketones is 1. The molecule has 2 heterocycles. The van der Waals surface area contributed by atoms with Gasteiger partial charge in [-0.15, -0.1) is 10.2 Å². The van der Waals surface area contributed by atoms with E-state index in [0.29, 0.717) is 18.5 Å². The molecule has 0 atom stereocenters. The van der Waals surface area contributed by atoms with Crippen molar-refractivity contribution in [2.24, 2.45) is 0 Å². The van der Waals surface area contributed by atoms with Crippen molar-refractivity contribution in [1.82, 2.24) is 25.2 Å². The average molecular weight is 417 g/mol. The SMILES string of the molecule is O=C(C=C(O)c1cn(Cc2ccc(F)cc2)cc1CCc1ccccc1)c1nn[nH]n1. The number of aliphatic hydroxyl groups excluding tert-OH is 1. The van der Waals surface area contributed by atoms with E-state index in [2.05, 4.69) is 20.6 Å². The fraction of sp³-hybridized carbons (Fsp3) is 0.130. The van der Waals surface area contributed by atoms with Gasteiger partial charge in [0.05, 0.1) is 0 Å². The lowest BCUT2D eigenvalue weighted by atomic mass is 10.0. The minimum absolute atomic E-state index is 0.122. The average Bonchev–Trinajstić information content (AvgIpc) is 3.45. The molecule has 0 bridgehead atoms. The zero-order valence-electron chi connectivity index (χ0n) is 16.6. The molecule has 0 unspecified atom stereocenters. The lowest BCUT2D eigenvalue weighted by Gasteiger charge is -2.04. The number of H-pyrrole nitrogens is 1. The molecule has 4 rings (SSSR count). The third-order valence-electron chi connectivity index (χ3n) is 4.88. The Balaban J connectivity index is 1.61. The first-order valence-corrected chi connectivity index (χ1v) is 9.74. The maximum atomic E-state index is 13.2. The Kier molecular flexibility index (Phi) is 5.98. The van der Waals surface area contributed by atoms with Crippen molar-refractivity contribution in [3.05, 3.63) is 107 Å². The quantitative estimate of drug-likeness (QED) is 0.259. The van der Waals surface area contributed by atoms with Crippen molar-refractivity contribution < 1.29 is 14.3 Å². The molecule has 31 heavy (non-hydrogen) atoms. The van der Waals surface area contributed by atoms with E-state index in [1.807, 2.05) is 41.1 Å². The van der Waals surface area contributed by atoms with Gasteiger partial charge in [-0.25, -0.2) is 4.39 Å². The smallest absolute Gasteiger partial charge is 0.244 e. The number of halogens is 1. The molecule has 0 spiro atoms. The molecule has 2 N–H and O–H groups in total. The molecule has 8 heteroatoms. The molecule has 2 aromatic heterocycles. The number of nitrogens with one attached hydrogen (secondary N) is 1. The normalized spacial score (nSPS) is 11.6. The Morgan fingerprint density at radius 3 is 2.52 bits per heavy atom. The van der Waals surface area contributed by atoms with Crippen molar-refractivity contribution in [3.63, 3.8) is 0 Å². The number of carbonyl (C=O) groups is 1. The molecule has 0 aliphatic rings. The number of nitrogens with zero attached hydrogens (tertiary/aromatic N) is 4. The molecule has 0 saturated heterocycles. The van der Waals surface area contributed by atoms with Gasteiger partial charge in [0, 0.05) is 30.6 Å². The second-order valence-corrected chi connectivity index (χ2v) is 7.11. The van der Waals surface area contributed by atoms with Crippen molar-refractivity contribution in [1.29, 1.82) is 0 Å². The first kappa shape index (κ1) is 20.2. The van der Waals surface area contributed by atoms with Crippen LogP contribution in [0.2, 0.25) is 0 Å². The molecule has 156 valence electrons. The van der Waals surface area contributed by atoms with Gasteiger partial charge in [-0.05, 0) is 46.9 Å². The zero-order valence-corrected chi connectivity index (χ0v) is 16.6. The molecule has 7 nitrogen and oxygen atoms in total. The molecular weight excluding hydrogens is 397 g/mol. The zero-order chi connectivity index (χ0) is 21.6. The Morgan fingerprint density at radius 1 is 1.03 bits per heavy atom. The van der Waals surface area contributed by atoms with Gasteiger partial charge in [0.2, 0.25) is 11.6 Å². The standard InChI is InChI=1S/C23H20FN5O2/c24-19-10-7-17(8-11-19)13-29-14-18(9-6-16-4-2-1-3-5-16)20(15-29)21(30)12-22(31)23-25-27-28-26-23/h1-5,7-8,10-12,14-15,30H,6,9,13H2,(H,25,26,27,28). The van der Waals surface area contributed by atoms with Gasteiger partial charge in [-0.3, -0.25) is 4.79 Å². The van der Waals surface area contributed by atoms with Gasteiger partial charge >= 0.3 is 0 Å². The number of aliphatic hydroxyl groups is 1. The number of tetrazole rings is 1. The Morgan fingerprint density at radius 2 is 1.81 bits per heavy atom. The highest BCUT2D eigenvalue weighted by molar-refractivity contribution is 6.05. The number of carbonyl (C=O) groups excluding carboxylic acids is 1. The molecule has 4 aromatic rings. The van der Waals surface area contributed by atoms with Gasteiger partial charge in [-0.1, -0.05) is 42.5 Å². The van der Waals surface area contributed by atoms with Gasteiger partial charge in [0.25, 0.3) is 0 Å². The monoisotopic (exact) mass is 417 g/mol. The summed E-state index contributed by atoms with van der Waals surface area (Å²) in [5.41, 5.74) is 3.53. The predicted molar refractivity (Wildman–Crippen MR) is 113 cm³/mol. The van der Waals surface area contributed by atoms with E-state index in [1.165, 1.54) is 17.7 Å². The first-order chi connectivity index (χ1) is 15.1. The number of allylic oxidation sites excluding steroid dienone is 1. The van der Waals surface area contributed by atoms with Crippen LogP contribution in [0.1, 0.15) is 32.9 Å². The van der Waals surface area contributed by atoms with Crippen LogP contribution in [-0.2, 0) is 19.4 Å². The number of aromatic amines is 1. The van der Waals surface area contributed by atoms with Crippen LogP contribution in [0, 0.1) is 5.82 Å². The third kappa shape index (κ3) is 5.11. The topological polar surface area (TPSA) is 96.7 Å². The number of hydrogen-bond donors (Lipinski definition) is 2. The van der Waals surface area contributed by atoms with E-state index in [-0.39, 0.29) is 17.4 Å². The Hall–Kier alpha value is -4.07. The highest BCUT2D eigenvalue weighted by Gasteiger charge is 2.15. The van der Waals surface area contributed by atoms with Crippen molar-refractivity contribution in [3.8, 4) is 0 Å². The van der Waals surface area contributed by atoms with Crippen LogP contribution in [0.15, 0.2) is 73.1 Å². The second kappa shape index (κ2) is 9.17. The Bertz CT molecular complexity index is 1180. The van der Waals surface area contributed by atoms with Gasteiger partial charge in [0.1, 0.15) is 11.6 Å². The third-order valence-corrected chi connectivity index (χ3v) is 4.88. The summed E-state index contributed by atoms with van der Waals surface area (Å²) in [7, 11) is 0. The van der Waals surface area contributed by atoms with E-state index < -0.39 is 5.78 Å². The molecule has 0 aliphatic carbocycles. The van der Waals surface area contributed by atoms with Crippen LogP contribution in [0.5, 0.6) is 0 Å². The number of aromatic nitrogens is 5. The lowest BCUT2D eigenvalue weighted by molar-refractivity contribution is 0.103. The van der Waals surface area contributed by atoms with E-state index in [0.717, 1.165) is 23.6 Å². The van der Waals surface area contributed by atoms with Gasteiger partial charge < -0.3 is 9.67 Å². The maximum Gasteiger partial charge on any atom is 0.244 e. The van der Waals surface area contributed by atoms with Crippen LogP contribution in [0.4, 0.5) is 4.39 Å². The van der Waals surface area contributed by atoms with Crippen LogP contribution in [0.3, 0.4) is 0 Å². The summed E-state index contributed by atoms with van der Waals surface area (Å²) >= 11 is 0. The Labute approximate surface area is 177 Å². The van der Waals surface area contributed by atoms with E-state index in [4.69, 9.17) is 0 Å². The molecule has 0 radical (unpaired) electrons. The molecule has 0 saturated carbocycles. The summed E-state index contributed by atoms with van der Waals surface area (Å²) < 4.78 is 15.1. The van der Waals surface area contributed by atoms with Gasteiger partial charge in [0.15, 0.2) is 0 Å². The van der Waals surface area contributed by atoms with E-state index >= 15 is 0 Å². The predicted octanol–water partition coefficient (Wildman–Crippen LogP) is 3.76. The number of benzene rings is 2. The van der Waals surface area contributed by atoms with Crippen molar-refractivity contribution in [2.75, 3.05) is 0 Å². The molecule has 0 aliphatic heterocycles. The highest BCUT2D eigenvalue weighted by atomic mass is 19.1. The summed E-state index contributed by atoms with van der Waals surface area (Å²) in [6.07, 6.45) is 6.25. The lowest BCUT2D eigenvalue weighted by Crippen LogP contribution is -2.00. The summed E-state index contributed by atoms with van der Waals surface area (Å²) in [5, 5.41) is 23.5. The van der Waals surface area contributed by atoms with Crippen molar-refractivity contribution >= 4 is 11.5 Å². The first-order valence-electron chi connectivity index (χ1n) is 9.74. The second-order valence-electron chi connectivity index (χ2n) is 7.11. The summed E-state index contributed by atoms with van der Waals surface area (Å²) in [4.78, 5) is 12.2. The van der Waals surface area contributed by atoms with E-state index in [1.54, 1.807) is 18.3 Å². The fourth-order valence-corrected chi connectivity index (χ4v) is 3.33. The van der Waals surface area contributed by atoms with Crippen LogP contribution in [-0.4, -0.2) is 36.1 Å². The summed E-state index contributed by atoms with van der Waals surface area (Å²) in [6.45, 7) is 0.505. The molecular formula is C23H20FN5O2. The number of aryl methyl sites for hydroxylation is 2. The number of rotatable bonds is 8. The van der Waals surface area contributed by atoms with Crippen molar-refractivity contribution in [2.45, 2.75) is 19.4 Å². The summed E-state index contributed by atoms with van der Waals surface area (Å²) in [5.74, 6) is -1.13. The minimum Gasteiger partial charge on any atom is -0.507 e. The summed E-state index contributed by atoms with van der Waals surface area (Å²) in [6, 6.07) is 16.3. The van der Waals surface area contributed by atoms with Crippen LogP contribution < -0.4 is 0 Å². The number of hydrogen-bond acceptors (Lipinski definition) is 5. The molecule has 0 fully saturated rings. The molecule has 0 amide bonds. The molecule has 2 aromatic carbocycles. The van der Waals surface area contributed by atoms with Gasteiger partial charge in [-0.2, -0.15) is 5.21 Å². The largest absolute Gasteiger partial charge is 0.507 e. The minimum atomic E-state index is -0.549. The fourth-order valence-electron chi connectivity index (χ4n) is 3.33. The van der Waals surface area contributed by atoms with Crippen LogP contribution in [0.25, 0.3) is 5.76 Å². The maximum absolute atomic E-state index is 13.2. The van der Waals surface area contributed by atoms with E-state index in [9.17, 15) is 14.3 Å². The van der Waals surface area contributed by atoms with Crippen LogP contribution >= 0.6 is 0 Å².